The first-order valence-corrected chi connectivity index (χ1v) is 6.19. The first kappa shape index (κ1) is 14.3. The SMILES string of the molecule is CCCCCCOc1cccn(CC(=O)O)c1=O. The van der Waals surface area contributed by atoms with E-state index in [0.717, 1.165) is 30.3 Å². The van der Waals surface area contributed by atoms with E-state index >= 15 is 0 Å². The molecule has 1 heterocycles. The maximum absolute atomic E-state index is 11.8. The minimum absolute atomic E-state index is 0.218. The van der Waals surface area contributed by atoms with Gasteiger partial charge in [-0.3, -0.25) is 9.59 Å². The quantitative estimate of drug-likeness (QED) is 0.718. The predicted octanol–water partition coefficient (Wildman–Crippen LogP) is 1.89. The highest BCUT2D eigenvalue weighted by atomic mass is 16.5. The van der Waals surface area contributed by atoms with E-state index in [1.54, 1.807) is 12.1 Å². The molecule has 0 aliphatic rings. The number of aromatic nitrogens is 1. The standard InChI is InChI=1S/C13H19NO4/c1-2-3-4-5-9-18-11-7-6-8-14(13(11)17)10-12(15)16/h6-8H,2-5,9-10H2,1H3,(H,15,16). The number of hydrogen-bond donors (Lipinski definition) is 1. The maximum Gasteiger partial charge on any atom is 0.323 e. The summed E-state index contributed by atoms with van der Waals surface area (Å²) in [6, 6.07) is 3.19. The second-order valence-corrected chi connectivity index (χ2v) is 4.11. The zero-order valence-electron chi connectivity index (χ0n) is 10.6. The molecule has 18 heavy (non-hydrogen) atoms. The van der Waals surface area contributed by atoms with Gasteiger partial charge in [0.25, 0.3) is 5.56 Å². The molecule has 0 atom stereocenters. The summed E-state index contributed by atoms with van der Waals surface area (Å²) in [5.41, 5.74) is -0.393. The van der Waals surface area contributed by atoms with Crippen LogP contribution in [0.5, 0.6) is 5.75 Å². The van der Waals surface area contributed by atoms with Gasteiger partial charge in [-0.05, 0) is 18.6 Å². The second-order valence-electron chi connectivity index (χ2n) is 4.11. The van der Waals surface area contributed by atoms with Crippen LogP contribution in [0.2, 0.25) is 0 Å². The minimum Gasteiger partial charge on any atom is -0.488 e. The van der Waals surface area contributed by atoms with Gasteiger partial charge in [-0.1, -0.05) is 26.2 Å². The third kappa shape index (κ3) is 4.61. The molecule has 5 nitrogen and oxygen atoms in total. The van der Waals surface area contributed by atoms with Crippen molar-refractivity contribution in [1.29, 1.82) is 0 Å². The molecule has 0 saturated carbocycles. The Bertz CT molecular complexity index is 439. The molecule has 0 radical (unpaired) electrons. The Labute approximate surface area is 106 Å². The van der Waals surface area contributed by atoms with Crippen LogP contribution in [0.3, 0.4) is 0 Å². The highest BCUT2D eigenvalue weighted by Crippen LogP contribution is 2.05. The highest BCUT2D eigenvalue weighted by molar-refractivity contribution is 5.66. The highest BCUT2D eigenvalue weighted by Gasteiger charge is 2.06. The van der Waals surface area contributed by atoms with E-state index < -0.39 is 11.5 Å². The van der Waals surface area contributed by atoms with Crippen LogP contribution >= 0.6 is 0 Å². The van der Waals surface area contributed by atoms with Crippen LogP contribution in [0.4, 0.5) is 0 Å². The van der Waals surface area contributed by atoms with Crippen LogP contribution in [0.1, 0.15) is 32.6 Å². The number of unbranched alkanes of at least 4 members (excludes halogenated alkanes) is 3. The number of carboxylic acids is 1. The Morgan fingerprint density at radius 1 is 1.39 bits per heavy atom. The third-order valence-corrected chi connectivity index (χ3v) is 2.55. The largest absolute Gasteiger partial charge is 0.488 e. The van der Waals surface area contributed by atoms with Gasteiger partial charge in [-0.15, -0.1) is 0 Å². The first-order valence-electron chi connectivity index (χ1n) is 6.19. The summed E-state index contributed by atoms with van der Waals surface area (Å²) in [5, 5.41) is 8.65. The molecule has 0 aromatic carbocycles. The predicted molar refractivity (Wildman–Crippen MR) is 68.0 cm³/mol. The van der Waals surface area contributed by atoms with Crippen molar-refractivity contribution in [2.45, 2.75) is 39.2 Å². The summed E-state index contributed by atoms with van der Waals surface area (Å²) in [7, 11) is 0. The van der Waals surface area contributed by atoms with Crippen molar-refractivity contribution in [3.8, 4) is 5.75 Å². The van der Waals surface area contributed by atoms with Gasteiger partial charge >= 0.3 is 5.97 Å². The maximum atomic E-state index is 11.8. The Hall–Kier alpha value is -1.78. The molecule has 1 aromatic rings. The minimum atomic E-state index is -1.04. The fourth-order valence-corrected chi connectivity index (χ4v) is 1.61. The number of carbonyl (C=O) groups is 1. The van der Waals surface area contributed by atoms with Gasteiger partial charge in [0.15, 0.2) is 5.75 Å². The van der Waals surface area contributed by atoms with Crippen molar-refractivity contribution in [1.82, 2.24) is 4.57 Å². The molecular weight excluding hydrogens is 234 g/mol. The molecule has 0 spiro atoms. The zero-order chi connectivity index (χ0) is 13.4. The summed E-state index contributed by atoms with van der Waals surface area (Å²) >= 11 is 0. The van der Waals surface area contributed by atoms with Gasteiger partial charge in [0.05, 0.1) is 6.61 Å². The van der Waals surface area contributed by atoms with Gasteiger partial charge in [0.1, 0.15) is 6.54 Å². The van der Waals surface area contributed by atoms with E-state index in [2.05, 4.69) is 6.92 Å². The van der Waals surface area contributed by atoms with E-state index in [1.165, 1.54) is 6.20 Å². The van der Waals surface area contributed by atoms with Crippen molar-refractivity contribution in [2.75, 3.05) is 6.61 Å². The Balaban J connectivity index is 2.55. The van der Waals surface area contributed by atoms with E-state index in [-0.39, 0.29) is 12.3 Å². The monoisotopic (exact) mass is 253 g/mol. The van der Waals surface area contributed by atoms with E-state index in [1.807, 2.05) is 0 Å². The lowest BCUT2D eigenvalue weighted by Crippen LogP contribution is -2.24. The van der Waals surface area contributed by atoms with Gasteiger partial charge in [-0.2, -0.15) is 0 Å². The number of carboxylic acid groups (broad SMARTS) is 1. The summed E-state index contributed by atoms with van der Waals surface area (Å²) in [6.45, 7) is 2.28. The van der Waals surface area contributed by atoms with Gasteiger partial charge in [0.2, 0.25) is 0 Å². The van der Waals surface area contributed by atoms with Crippen LogP contribution in [-0.2, 0) is 11.3 Å². The van der Waals surface area contributed by atoms with Crippen molar-refractivity contribution in [3.63, 3.8) is 0 Å². The van der Waals surface area contributed by atoms with Crippen molar-refractivity contribution >= 4 is 5.97 Å². The second kappa shape index (κ2) is 7.53. The average molecular weight is 253 g/mol. The molecular formula is C13H19NO4. The van der Waals surface area contributed by atoms with Crippen LogP contribution in [0.15, 0.2) is 23.1 Å². The van der Waals surface area contributed by atoms with E-state index in [9.17, 15) is 9.59 Å². The average Bonchev–Trinajstić information content (AvgIpc) is 2.33. The normalized spacial score (nSPS) is 10.3. The third-order valence-electron chi connectivity index (χ3n) is 2.55. The Morgan fingerprint density at radius 3 is 2.83 bits per heavy atom. The van der Waals surface area contributed by atoms with Gasteiger partial charge in [-0.25, -0.2) is 0 Å². The van der Waals surface area contributed by atoms with Crippen molar-refractivity contribution < 1.29 is 14.6 Å². The van der Waals surface area contributed by atoms with Crippen LogP contribution in [0.25, 0.3) is 0 Å². The van der Waals surface area contributed by atoms with Crippen LogP contribution in [0, 0.1) is 0 Å². The molecule has 0 fully saturated rings. The Kier molecular flexibility index (Phi) is 5.97. The van der Waals surface area contributed by atoms with Crippen molar-refractivity contribution in [2.24, 2.45) is 0 Å². The number of ether oxygens (including phenoxy) is 1. The summed E-state index contributed by atoms with van der Waals surface area (Å²) in [5.74, 6) is -0.826. The van der Waals surface area contributed by atoms with Gasteiger partial charge < -0.3 is 14.4 Å². The fourth-order valence-electron chi connectivity index (χ4n) is 1.61. The molecule has 0 unspecified atom stereocenters. The lowest BCUT2D eigenvalue weighted by molar-refractivity contribution is -0.137. The molecule has 0 amide bonds. The smallest absolute Gasteiger partial charge is 0.323 e. The summed E-state index contributed by atoms with van der Waals surface area (Å²) < 4.78 is 6.51. The molecule has 0 saturated heterocycles. The molecule has 0 aliphatic heterocycles. The number of pyridine rings is 1. The van der Waals surface area contributed by atoms with Gasteiger partial charge in [0, 0.05) is 6.20 Å². The lowest BCUT2D eigenvalue weighted by atomic mass is 10.2. The zero-order valence-corrected chi connectivity index (χ0v) is 10.6. The number of aliphatic carboxylic acids is 1. The Morgan fingerprint density at radius 2 is 2.17 bits per heavy atom. The topological polar surface area (TPSA) is 68.5 Å². The molecule has 5 heteroatoms. The molecule has 1 rings (SSSR count). The van der Waals surface area contributed by atoms with E-state index in [0.29, 0.717) is 6.61 Å². The molecule has 1 aromatic heterocycles. The number of rotatable bonds is 8. The molecule has 1 N–H and O–H groups in total. The van der Waals surface area contributed by atoms with E-state index in [4.69, 9.17) is 9.84 Å². The van der Waals surface area contributed by atoms with Crippen LogP contribution in [-0.4, -0.2) is 22.2 Å². The first-order chi connectivity index (χ1) is 8.65. The molecule has 0 bridgehead atoms. The molecule has 0 aliphatic carbocycles. The summed E-state index contributed by atoms with van der Waals surface area (Å²) in [4.78, 5) is 22.4. The number of nitrogens with zero attached hydrogens (tertiary/aromatic N) is 1. The number of hydrogen-bond acceptors (Lipinski definition) is 3. The summed E-state index contributed by atoms with van der Waals surface area (Å²) in [6.07, 6.45) is 5.73. The molecule has 100 valence electrons. The van der Waals surface area contributed by atoms with Crippen LogP contribution < -0.4 is 10.3 Å². The fraction of sp³-hybridized carbons (Fsp3) is 0.538. The van der Waals surface area contributed by atoms with Crippen molar-refractivity contribution in [3.05, 3.63) is 28.7 Å². The lowest BCUT2D eigenvalue weighted by Gasteiger charge is -2.07.